The Morgan fingerprint density at radius 3 is 2.37 bits per heavy atom. The normalized spacial score (nSPS) is 10.9. The van der Waals surface area contributed by atoms with Gasteiger partial charge < -0.3 is 0 Å². The molecule has 0 aliphatic rings. The molecule has 0 aliphatic carbocycles. The minimum absolute atomic E-state index is 0.119. The van der Waals surface area contributed by atoms with E-state index >= 15 is 0 Å². The highest BCUT2D eigenvalue weighted by Crippen LogP contribution is 2.17. The molecule has 1 aromatic heterocycles. The molecule has 0 bridgehead atoms. The van der Waals surface area contributed by atoms with Crippen molar-refractivity contribution in [1.82, 2.24) is 13.9 Å². The van der Waals surface area contributed by atoms with E-state index in [-0.39, 0.29) is 21.2 Å². The minimum Gasteiger partial charge on any atom is -0.256 e. The second-order valence-electron chi connectivity index (χ2n) is 3.93. The van der Waals surface area contributed by atoms with Gasteiger partial charge in [0, 0.05) is 18.1 Å². The van der Waals surface area contributed by atoms with Gasteiger partial charge in [-0.25, -0.2) is 18.4 Å². The molecule has 2 aromatic rings. The number of rotatable bonds is 3. The molecule has 0 N–H and O–H groups in total. The molecule has 7 heteroatoms. The van der Waals surface area contributed by atoms with Gasteiger partial charge in [0.2, 0.25) is 4.77 Å². The van der Waals surface area contributed by atoms with Crippen LogP contribution in [0, 0.1) is 10.6 Å². The standard InChI is InChI=1S/C12H13ClFN3OS/c1-3-15-11(18)17(12(19)16(15)4-2)10-6-5-8(13)7-9(10)14/h5-7H,3-4H2,1-2H3. The molecule has 1 aromatic carbocycles. The number of nitrogens with zero attached hydrogens (tertiary/aromatic N) is 3. The second kappa shape index (κ2) is 5.30. The first-order chi connectivity index (χ1) is 9.01. The molecule has 0 unspecified atom stereocenters. The van der Waals surface area contributed by atoms with E-state index in [0.717, 1.165) is 6.07 Å². The van der Waals surface area contributed by atoms with E-state index in [2.05, 4.69) is 0 Å². The Hall–Kier alpha value is -1.40. The van der Waals surface area contributed by atoms with Crippen molar-refractivity contribution in [3.63, 3.8) is 0 Å². The molecule has 0 fully saturated rings. The minimum atomic E-state index is -0.572. The lowest BCUT2D eigenvalue weighted by atomic mass is 10.3. The molecule has 0 aliphatic heterocycles. The highest BCUT2D eigenvalue weighted by atomic mass is 35.5. The molecular weight excluding hydrogens is 289 g/mol. The van der Waals surface area contributed by atoms with Gasteiger partial charge in [-0.2, -0.15) is 0 Å². The van der Waals surface area contributed by atoms with E-state index in [0.29, 0.717) is 13.1 Å². The van der Waals surface area contributed by atoms with Gasteiger partial charge in [-0.15, -0.1) is 0 Å². The monoisotopic (exact) mass is 301 g/mol. The highest BCUT2D eigenvalue weighted by molar-refractivity contribution is 7.71. The fraction of sp³-hybridized carbons (Fsp3) is 0.333. The predicted molar refractivity (Wildman–Crippen MR) is 75.2 cm³/mol. The molecule has 102 valence electrons. The molecule has 19 heavy (non-hydrogen) atoms. The third kappa shape index (κ3) is 2.26. The fourth-order valence-electron chi connectivity index (χ4n) is 2.00. The lowest BCUT2D eigenvalue weighted by Crippen LogP contribution is -2.26. The molecule has 0 radical (unpaired) electrons. The van der Waals surface area contributed by atoms with Crippen molar-refractivity contribution in [2.45, 2.75) is 26.9 Å². The Kier molecular flexibility index (Phi) is 3.91. The Labute approximate surface area is 119 Å². The maximum absolute atomic E-state index is 13.9. The van der Waals surface area contributed by atoms with Crippen LogP contribution in [0.15, 0.2) is 23.0 Å². The first-order valence-corrected chi connectivity index (χ1v) is 6.68. The van der Waals surface area contributed by atoms with E-state index in [4.69, 9.17) is 23.8 Å². The number of benzene rings is 1. The Morgan fingerprint density at radius 1 is 1.26 bits per heavy atom. The third-order valence-electron chi connectivity index (χ3n) is 2.87. The van der Waals surface area contributed by atoms with Crippen molar-refractivity contribution in [3.8, 4) is 5.69 Å². The lowest BCUT2D eigenvalue weighted by Gasteiger charge is -2.03. The van der Waals surface area contributed by atoms with Gasteiger partial charge in [0.15, 0.2) is 0 Å². The van der Waals surface area contributed by atoms with E-state index in [1.807, 2.05) is 13.8 Å². The maximum atomic E-state index is 13.9. The summed E-state index contributed by atoms with van der Waals surface area (Å²) < 4.78 is 18.5. The van der Waals surface area contributed by atoms with Gasteiger partial charge in [-0.1, -0.05) is 11.6 Å². The molecule has 0 saturated carbocycles. The van der Waals surface area contributed by atoms with Gasteiger partial charge in [-0.05, 0) is 44.3 Å². The van der Waals surface area contributed by atoms with Crippen LogP contribution in [-0.4, -0.2) is 13.9 Å². The summed E-state index contributed by atoms with van der Waals surface area (Å²) in [6.45, 7) is 4.73. The third-order valence-corrected chi connectivity index (χ3v) is 3.49. The van der Waals surface area contributed by atoms with Gasteiger partial charge in [0.05, 0.1) is 5.69 Å². The Morgan fingerprint density at radius 2 is 1.89 bits per heavy atom. The first-order valence-electron chi connectivity index (χ1n) is 5.89. The number of hydrogen-bond acceptors (Lipinski definition) is 2. The Bertz CT molecular complexity index is 696. The van der Waals surface area contributed by atoms with Crippen LogP contribution in [0.1, 0.15) is 13.8 Å². The second-order valence-corrected chi connectivity index (χ2v) is 4.73. The Balaban J connectivity index is 2.80. The summed E-state index contributed by atoms with van der Waals surface area (Å²) in [6, 6.07) is 4.15. The first kappa shape index (κ1) is 14.0. The summed E-state index contributed by atoms with van der Waals surface area (Å²) in [7, 11) is 0. The summed E-state index contributed by atoms with van der Waals surface area (Å²) in [5, 5.41) is 0.276. The summed E-state index contributed by atoms with van der Waals surface area (Å²) in [5.41, 5.74) is -0.232. The highest BCUT2D eigenvalue weighted by Gasteiger charge is 2.15. The van der Waals surface area contributed by atoms with Gasteiger partial charge in [0.1, 0.15) is 5.82 Å². The maximum Gasteiger partial charge on any atom is 0.349 e. The predicted octanol–water partition coefficient (Wildman–Crippen LogP) is 3.00. The number of halogens is 2. The molecule has 0 amide bonds. The molecule has 4 nitrogen and oxygen atoms in total. The zero-order chi connectivity index (χ0) is 14.2. The molecule has 0 atom stereocenters. The van der Waals surface area contributed by atoms with Crippen LogP contribution in [0.2, 0.25) is 5.02 Å². The van der Waals surface area contributed by atoms with Gasteiger partial charge in [0.25, 0.3) is 0 Å². The summed E-state index contributed by atoms with van der Waals surface area (Å²) in [5.74, 6) is -0.572. The molecule has 0 saturated heterocycles. The van der Waals surface area contributed by atoms with Gasteiger partial charge >= 0.3 is 5.69 Å². The fourth-order valence-corrected chi connectivity index (χ4v) is 2.56. The molecule has 0 spiro atoms. The van der Waals surface area contributed by atoms with Crippen LogP contribution in [-0.2, 0) is 13.1 Å². The largest absolute Gasteiger partial charge is 0.349 e. The molecule has 2 rings (SSSR count). The molecule has 1 heterocycles. The SMILES string of the molecule is CCn1c(=O)n(-c2ccc(Cl)cc2F)c(=S)n1CC. The van der Waals surface area contributed by atoms with Crippen molar-refractivity contribution >= 4 is 23.8 Å². The zero-order valence-electron chi connectivity index (χ0n) is 10.6. The van der Waals surface area contributed by atoms with Crippen molar-refractivity contribution in [2.24, 2.45) is 0 Å². The van der Waals surface area contributed by atoms with Crippen LogP contribution in [0.3, 0.4) is 0 Å². The van der Waals surface area contributed by atoms with Crippen molar-refractivity contribution in [3.05, 3.63) is 44.3 Å². The summed E-state index contributed by atoms with van der Waals surface area (Å²) in [6.07, 6.45) is 0. The van der Waals surface area contributed by atoms with Crippen LogP contribution in [0.4, 0.5) is 4.39 Å². The molecular formula is C12H13ClFN3OS. The number of aromatic nitrogens is 3. The van der Waals surface area contributed by atoms with E-state index in [1.165, 1.54) is 21.4 Å². The van der Waals surface area contributed by atoms with Crippen LogP contribution in [0.25, 0.3) is 5.69 Å². The number of hydrogen-bond donors (Lipinski definition) is 0. The summed E-state index contributed by atoms with van der Waals surface area (Å²) >= 11 is 11.0. The quantitative estimate of drug-likeness (QED) is 0.816. The van der Waals surface area contributed by atoms with Crippen molar-refractivity contribution in [2.75, 3.05) is 0 Å². The van der Waals surface area contributed by atoms with Gasteiger partial charge in [-0.3, -0.25) is 4.68 Å². The summed E-state index contributed by atoms with van der Waals surface area (Å²) in [4.78, 5) is 12.3. The van der Waals surface area contributed by atoms with Crippen LogP contribution < -0.4 is 5.69 Å². The topological polar surface area (TPSA) is 31.9 Å². The van der Waals surface area contributed by atoms with Crippen LogP contribution in [0.5, 0.6) is 0 Å². The smallest absolute Gasteiger partial charge is 0.256 e. The van der Waals surface area contributed by atoms with Crippen molar-refractivity contribution in [1.29, 1.82) is 0 Å². The average molecular weight is 302 g/mol. The lowest BCUT2D eigenvalue weighted by molar-refractivity contribution is 0.472. The van der Waals surface area contributed by atoms with E-state index in [1.54, 1.807) is 4.68 Å². The zero-order valence-corrected chi connectivity index (χ0v) is 12.1. The van der Waals surface area contributed by atoms with E-state index in [9.17, 15) is 9.18 Å². The average Bonchev–Trinajstić information content (AvgIpc) is 2.61. The van der Waals surface area contributed by atoms with Crippen LogP contribution >= 0.6 is 23.8 Å². The van der Waals surface area contributed by atoms with Crippen molar-refractivity contribution < 1.29 is 4.39 Å². The van der Waals surface area contributed by atoms with E-state index < -0.39 is 5.82 Å².